The molecule has 0 spiro atoms. The van der Waals surface area contributed by atoms with Crippen LogP contribution in [0.15, 0.2) is 72.8 Å². The van der Waals surface area contributed by atoms with Crippen LogP contribution in [-0.4, -0.2) is 14.8 Å². The molecule has 0 saturated heterocycles. The average Bonchev–Trinajstić information content (AvgIpc) is 3.18. The van der Waals surface area contributed by atoms with E-state index in [2.05, 4.69) is 106 Å². The second kappa shape index (κ2) is 8.27. The third-order valence-corrected chi connectivity index (χ3v) is 5.65. The minimum absolute atomic E-state index is 0.384. The van der Waals surface area contributed by atoms with E-state index in [1.54, 1.807) is 0 Å². The molecule has 0 aliphatic carbocycles. The number of aryl methyl sites for hydroxylation is 1. The molecule has 0 N–H and O–H groups in total. The Morgan fingerprint density at radius 1 is 0.633 bits per heavy atom. The maximum absolute atomic E-state index is 4.71. The lowest BCUT2D eigenvalue weighted by Crippen LogP contribution is -2.10. The third kappa shape index (κ3) is 3.56. The fourth-order valence-corrected chi connectivity index (χ4v) is 4.04. The predicted octanol–water partition coefficient (Wildman–Crippen LogP) is 7.16. The van der Waals surface area contributed by atoms with Crippen molar-refractivity contribution in [3.63, 3.8) is 0 Å². The predicted molar refractivity (Wildman–Crippen MR) is 125 cm³/mol. The topological polar surface area (TPSA) is 30.7 Å². The second-order valence-electron chi connectivity index (χ2n) is 8.46. The second-order valence-corrected chi connectivity index (χ2v) is 8.46. The maximum atomic E-state index is 4.71. The summed E-state index contributed by atoms with van der Waals surface area (Å²) in [6, 6.07) is 25.4. The van der Waals surface area contributed by atoms with Crippen LogP contribution in [0.4, 0.5) is 0 Å². The molecule has 3 nitrogen and oxygen atoms in total. The van der Waals surface area contributed by atoms with Crippen molar-refractivity contribution in [3.8, 4) is 28.5 Å². The fraction of sp³-hybridized carbons (Fsp3) is 0.259. The Balaban J connectivity index is 2.12. The maximum Gasteiger partial charge on any atom is 0.169 e. The van der Waals surface area contributed by atoms with Crippen molar-refractivity contribution in [2.75, 3.05) is 0 Å². The van der Waals surface area contributed by atoms with Crippen LogP contribution in [0.2, 0.25) is 0 Å². The summed E-state index contributed by atoms with van der Waals surface area (Å²) in [5.41, 5.74) is 7.21. The first kappa shape index (κ1) is 20.1. The smallest absolute Gasteiger partial charge is 0.169 e. The molecule has 152 valence electrons. The van der Waals surface area contributed by atoms with Gasteiger partial charge in [-0.1, -0.05) is 100 Å². The number of benzene rings is 3. The van der Waals surface area contributed by atoms with Gasteiger partial charge in [-0.2, -0.15) is 0 Å². The molecule has 30 heavy (non-hydrogen) atoms. The monoisotopic (exact) mass is 395 g/mol. The van der Waals surface area contributed by atoms with Crippen molar-refractivity contribution in [1.29, 1.82) is 0 Å². The first-order valence-electron chi connectivity index (χ1n) is 10.7. The van der Waals surface area contributed by atoms with Crippen LogP contribution in [0.1, 0.15) is 56.2 Å². The zero-order chi connectivity index (χ0) is 21.3. The van der Waals surface area contributed by atoms with Gasteiger partial charge in [-0.15, -0.1) is 10.2 Å². The Morgan fingerprint density at radius 3 is 1.80 bits per heavy atom. The van der Waals surface area contributed by atoms with E-state index >= 15 is 0 Å². The molecule has 0 fully saturated rings. The van der Waals surface area contributed by atoms with Crippen LogP contribution in [-0.2, 0) is 0 Å². The summed E-state index contributed by atoms with van der Waals surface area (Å²) in [6.45, 7) is 11.1. The summed E-state index contributed by atoms with van der Waals surface area (Å²) in [7, 11) is 0. The summed E-state index contributed by atoms with van der Waals surface area (Å²) >= 11 is 0. The molecule has 0 atom stereocenters. The van der Waals surface area contributed by atoms with E-state index in [4.69, 9.17) is 10.2 Å². The van der Waals surface area contributed by atoms with Crippen LogP contribution in [0.25, 0.3) is 28.5 Å². The molecule has 3 heteroatoms. The van der Waals surface area contributed by atoms with E-state index in [0.717, 1.165) is 22.8 Å². The first-order valence-corrected chi connectivity index (χ1v) is 10.7. The first-order chi connectivity index (χ1) is 14.5. The molecule has 0 bridgehead atoms. The Bertz CT molecular complexity index is 1130. The molecule has 1 heterocycles. The third-order valence-electron chi connectivity index (χ3n) is 5.65. The number of hydrogen-bond acceptors (Lipinski definition) is 2. The van der Waals surface area contributed by atoms with Gasteiger partial charge in [-0.3, -0.25) is 4.57 Å². The van der Waals surface area contributed by atoms with Gasteiger partial charge in [0.1, 0.15) is 0 Å². The Morgan fingerprint density at radius 2 is 1.20 bits per heavy atom. The van der Waals surface area contributed by atoms with Gasteiger partial charge in [0.15, 0.2) is 11.6 Å². The van der Waals surface area contributed by atoms with Gasteiger partial charge in [0, 0.05) is 11.1 Å². The highest BCUT2D eigenvalue weighted by Gasteiger charge is 2.24. The lowest BCUT2D eigenvalue weighted by Gasteiger charge is -2.23. The van der Waals surface area contributed by atoms with Crippen LogP contribution >= 0.6 is 0 Å². The molecule has 1 aromatic heterocycles. The summed E-state index contributed by atoms with van der Waals surface area (Å²) in [5, 5.41) is 9.41. The van der Waals surface area contributed by atoms with E-state index in [1.807, 2.05) is 6.07 Å². The van der Waals surface area contributed by atoms with Crippen molar-refractivity contribution >= 4 is 0 Å². The van der Waals surface area contributed by atoms with E-state index < -0.39 is 0 Å². The van der Waals surface area contributed by atoms with Crippen molar-refractivity contribution in [2.45, 2.75) is 46.5 Å². The number of aromatic nitrogens is 3. The Labute approximate surface area is 179 Å². The lowest BCUT2D eigenvalue weighted by atomic mass is 9.92. The minimum Gasteiger partial charge on any atom is -0.274 e. The van der Waals surface area contributed by atoms with Gasteiger partial charge in [0.05, 0.1) is 5.69 Å². The van der Waals surface area contributed by atoms with Gasteiger partial charge in [-0.05, 0) is 35.4 Å². The van der Waals surface area contributed by atoms with Crippen LogP contribution in [0.3, 0.4) is 0 Å². The number of para-hydroxylation sites is 1. The normalized spacial score (nSPS) is 11.4. The van der Waals surface area contributed by atoms with Gasteiger partial charge in [0.2, 0.25) is 0 Å². The lowest BCUT2D eigenvalue weighted by molar-refractivity contribution is 0.807. The largest absolute Gasteiger partial charge is 0.274 e. The quantitative estimate of drug-likeness (QED) is 0.359. The molecule has 0 aliphatic heterocycles. The van der Waals surface area contributed by atoms with Crippen molar-refractivity contribution < 1.29 is 0 Å². The molecule has 4 rings (SSSR count). The molecule has 4 aromatic rings. The number of rotatable bonds is 5. The van der Waals surface area contributed by atoms with Crippen molar-refractivity contribution in [2.24, 2.45) is 0 Å². The molecule has 0 aliphatic rings. The number of hydrogen-bond donors (Lipinski definition) is 0. The molecular formula is C27H29N3. The van der Waals surface area contributed by atoms with Crippen molar-refractivity contribution in [3.05, 3.63) is 89.5 Å². The molecule has 3 aromatic carbocycles. The zero-order valence-electron chi connectivity index (χ0n) is 18.4. The Hall–Kier alpha value is -3.20. The molecule has 0 amide bonds. The van der Waals surface area contributed by atoms with Gasteiger partial charge in [0.25, 0.3) is 0 Å². The highest BCUT2D eigenvalue weighted by molar-refractivity contribution is 5.71. The van der Waals surface area contributed by atoms with Crippen LogP contribution < -0.4 is 0 Å². The molecular weight excluding hydrogens is 366 g/mol. The van der Waals surface area contributed by atoms with Gasteiger partial charge < -0.3 is 0 Å². The zero-order valence-corrected chi connectivity index (χ0v) is 18.4. The number of nitrogens with zero attached hydrogens (tertiary/aromatic N) is 3. The molecule has 0 radical (unpaired) electrons. The van der Waals surface area contributed by atoms with E-state index in [9.17, 15) is 0 Å². The summed E-state index contributed by atoms with van der Waals surface area (Å²) in [5.74, 6) is 2.54. The summed E-state index contributed by atoms with van der Waals surface area (Å²) < 4.78 is 2.28. The summed E-state index contributed by atoms with van der Waals surface area (Å²) in [4.78, 5) is 0. The van der Waals surface area contributed by atoms with E-state index in [-0.39, 0.29) is 0 Å². The van der Waals surface area contributed by atoms with E-state index in [1.165, 1.54) is 22.4 Å². The van der Waals surface area contributed by atoms with E-state index in [0.29, 0.717) is 11.8 Å². The van der Waals surface area contributed by atoms with Crippen molar-refractivity contribution in [1.82, 2.24) is 14.8 Å². The van der Waals surface area contributed by atoms with Gasteiger partial charge >= 0.3 is 0 Å². The van der Waals surface area contributed by atoms with Crippen LogP contribution in [0.5, 0.6) is 0 Å². The average molecular weight is 396 g/mol. The highest BCUT2D eigenvalue weighted by Crippen LogP contribution is 2.37. The van der Waals surface area contributed by atoms with Gasteiger partial charge in [-0.25, -0.2) is 0 Å². The SMILES string of the molecule is Cc1ccccc1-c1nnc(-c2ccccc2)n1-c1c(C(C)C)cccc1C(C)C. The van der Waals surface area contributed by atoms with Crippen LogP contribution in [0, 0.1) is 6.92 Å². The molecule has 0 saturated carbocycles. The minimum atomic E-state index is 0.384. The summed E-state index contributed by atoms with van der Waals surface area (Å²) in [6.07, 6.45) is 0. The fourth-order valence-electron chi connectivity index (χ4n) is 4.04. The molecule has 0 unspecified atom stereocenters. The Kier molecular flexibility index (Phi) is 5.54. The highest BCUT2D eigenvalue weighted by atomic mass is 15.3. The standard InChI is InChI=1S/C27H29N3/c1-18(2)22-16-11-17-23(19(3)4)25(22)30-26(21-13-7-6-8-14-21)28-29-27(30)24-15-10-9-12-20(24)5/h6-19H,1-5H3.